The first kappa shape index (κ1) is 27.9. The molecule has 0 radical (unpaired) electrons. The van der Waals surface area contributed by atoms with Gasteiger partial charge in [0, 0.05) is 53.6 Å². The van der Waals surface area contributed by atoms with E-state index in [0.29, 0.717) is 0 Å². The smallest absolute Gasteiger partial charge is 0.143 e. The highest BCUT2D eigenvalue weighted by molar-refractivity contribution is 7.26. The maximum atomic E-state index is 6.54. The number of benzene rings is 8. The van der Waals surface area contributed by atoms with Crippen molar-refractivity contribution in [2.24, 2.45) is 0 Å². The molecule has 0 aliphatic rings. The number of nitrogens with zero attached hydrogens (tertiary/aromatic N) is 1. The van der Waals surface area contributed by atoms with Gasteiger partial charge in [0.25, 0.3) is 0 Å². The van der Waals surface area contributed by atoms with Gasteiger partial charge in [-0.15, -0.1) is 11.3 Å². The normalized spacial score (nSPS) is 11.7. The van der Waals surface area contributed by atoms with E-state index in [1.807, 2.05) is 11.3 Å². The Hall–Kier alpha value is -6.16. The zero-order chi connectivity index (χ0) is 32.3. The van der Waals surface area contributed by atoms with E-state index in [1.54, 1.807) is 0 Å². The Morgan fingerprint density at radius 3 is 1.78 bits per heavy atom. The van der Waals surface area contributed by atoms with Gasteiger partial charge in [-0.2, -0.15) is 0 Å². The fraction of sp³-hybridized carbons (Fsp3) is 0. The molecule has 0 atom stereocenters. The Bertz CT molecular complexity index is 2810. The number of anilines is 3. The first-order chi connectivity index (χ1) is 24.3. The van der Waals surface area contributed by atoms with E-state index in [-0.39, 0.29) is 0 Å². The maximum Gasteiger partial charge on any atom is 0.143 e. The molecule has 10 rings (SSSR count). The van der Waals surface area contributed by atoms with Crippen LogP contribution in [0.25, 0.3) is 75.1 Å². The molecule has 0 spiro atoms. The highest BCUT2D eigenvalue weighted by atomic mass is 32.1. The molecule has 230 valence electrons. The van der Waals surface area contributed by atoms with Gasteiger partial charge >= 0.3 is 0 Å². The van der Waals surface area contributed by atoms with Crippen LogP contribution in [0.3, 0.4) is 0 Å². The molecule has 3 heteroatoms. The van der Waals surface area contributed by atoms with Gasteiger partial charge in [0.15, 0.2) is 0 Å². The summed E-state index contributed by atoms with van der Waals surface area (Å²) < 4.78 is 9.20. The molecule has 8 aromatic carbocycles. The second-order valence-electron chi connectivity index (χ2n) is 12.5. The van der Waals surface area contributed by atoms with Crippen LogP contribution in [0, 0.1) is 0 Å². The van der Waals surface area contributed by atoms with Crippen LogP contribution in [-0.2, 0) is 0 Å². The maximum absolute atomic E-state index is 6.54. The van der Waals surface area contributed by atoms with Crippen LogP contribution < -0.4 is 4.90 Å². The van der Waals surface area contributed by atoms with Crippen molar-refractivity contribution in [2.45, 2.75) is 0 Å². The largest absolute Gasteiger partial charge is 0.455 e. The molecular formula is C46H29NOS. The lowest BCUT2D eigenvalue weighted by Crippen LogP contribution is -2.09. The van der Waals surface area contributed by atoms with Crippen LogP contribution in [0.15, 0.2) is 180 Å². The Morgan fingerprint density at radius 1 is 0.408 bits per heavy atom. The van der Waals surface area contributed by atoms with Gasteiger partial charge < -0.3 is 9.32 Å². The quantitative estimate of drug-likeness (QED) is 0.186. The highest BCUT2D eigenvalue weighted by Gasteiger charge is 2.17. The number of hydrogen-bond donors (Lipinski definition) is 0. The monoisotopic (exact) mass is 643 g/mol. The van der Waals surface area contributed by atoms with E-state index >= 15 is 0 Å². The molecule has 10 aromatic rings. The van der Waals surface area contributed by atoms with Crippen LogP contribution >= 0.6 is 11.3 Å². The lowest BCUT2D eigenvalue weighted by Gasteiger charge is -2.26. The van der Waals surface area contributed by atoms with Gasteiger partial charge in [0.1, 0.15) is 11.2 Å². The minimum absolute atomic E-state index is 0.917. The lowest BCUT2D eigenvalue weighted by atomic mass is 9.99. The van der Waals surface area contributed by atoms with Crippen molar-refractivity contribution < 1.29 is 4.42 Å². The second-order valence-corrected chi connectivity index (χ2v) is 13.5. The third-order valence-corrected chi connectivity index (χ3v) is 10.9. The molecule has 2 aromatic heterocycles. The molecule has 0 saturated heterocycles. The summed E-state index contributed by atoms with van der Waals surface area (Å²) in [5.74, 6) is 0. The number of thiophene rings is 1. The summed E-state index contributed by atoms with van der Waals surface area (Å²) >= 11 is 1.87. The van der Waals surface area contributed by atoms with Gasteiger partial charge in [0.05, 0.1) is 0 Å². The van der Waals surface area contributed by atoms with E-state index in [1.165, 1.54) is 47.5 Å². The molecular weight excluding hydrogens is 615 g/mol. The minimum Gasteiger partial charge on any atom is -0.455 e. The standard InChI is InChI=1S/C46H29NOS/c1-2-11-33(12-3-1)47(35-27-22-32(23-28-35)38-16-9-17-40-39-14-6-7-19-43(39)49-46(38)40)34-25-20-31(21-26-34)37-15-8-18-41-44-36-13-5-4-10-30(36)24-29-42(44)48-45(37)41/h1-29H. The van der Waals surface area contributed by atoms with Crippen molar-refractivity contribution >= 4 is 81.3 Å². The predicted molar refractivity (Wildman–Crippen MR) is 210 cm³/mol. The molecule has 49 heavy (non-hydrogen) atoms. The fourth-order valence-electron chi connectivity index (χ4n) is 7.37. The first-order valence-corrected chi connectivity index (χ1v) is 17.4. The summed E-state index contributed by atoms with van der Waals surface area (Å²) in [4.78, 5) is 2.32. The highest BCUT2D eigenvalue weighted by Crippen LogP contribution is 2.43. The van der Waals surface area contributed by atoms with E-state index in [0.717, 1.165) is 44.7 Å². The summed E-state index contributed by atoms with van der Waals surface area (Å²) in [5.41, 5.74) is 9.86. The average molecular weight is 644 g/mol. The van der Waals surface area contributed by atoms with Gasteiger partial charge in [-0.25, -0.2) is 0 Å². The van der Waals surface area contributed by atoms with Crippen molar-refractivity contribution in [2.75, 3.05) is 4.90 Å². The molecule has 0 amide bonds. The predicted octanol–water partition coefficient (Wildman–Crippen LogP) is 13.9. The zero-order valence-corrected chi connectivity index (χ0v) is 27.3. The molecule has 0 aliphatic heterocycles. The average Bonchev–Trinajstić information content (AvgIpc) is 3.75. The number of hydrogen-bond acceptors (Lipinski definition) is 3. The minimum atomic E-state index is 0.917. The van der Waals surface area contributed by atoms with Gasteiger partial charge in [-0.3, -0.25) is 0 Å². The van der Waals surface area contributed by atoms with Crippen LogP contribution in [0.1, 0.15) is 0 Å². The van der Waals surface area contributed by atoms with Crippen molar-refractivity contribution in [1.29, 1.82) is 0 Å². The van der Waals surface area contributed by atoms with Gasteiger partial charge in [-0.1, -0.05) is 127 Å². The van der Waals surface area contributed by atoms with Crippen molar-refractivity contribution in [3.8, 4) is 22.3 Å². The summed E-state index contributed by atoms with van der Waals surface area (Å²) in [6.07, 6.45) is 0. The number of fused-ring (bicyclic) bond motifs is 8. The van der Waals surface area contributed by atoms with Crippen molar-refractivity contribution in [3.63, 3.8) is 0 Å². The van der Waals surface area contributed by atoms with E-state index in [4.69, 9.17) is 4.42 Å². The summed E-state index contributed by atoms with van der Waals surface area (Å²) in [6.45, 7) is 0. The molecule has 0 saturated carbocycles. The number of rotatable bonds is 5. The van der Waals surface area contributed by atoms with Crippen LogP contribution in [0.5, 0.6) is 0 Å². The number of furan rings is 1. The molecule has 0 aliphatic carbocycles. The van der Waals surface area contributed by atoms with Crippen LogP contribution in [0.4, 0.5) is 17.1 Å². The zero-order valence-electron chi connectivity index (χ0n) is 26.5. The molecule has 0 bridgehead atoms. The first-order valence-electron chi connectivity index (χ1n) is 16.6. The Kier molecular flexibility index (Phi) is 6.39. The van der Waals surface area contributed by atoms with Gasteiger partial charge in [0.2, 0.25) is 0 Å². The molecule has 0 N–H and O–H groups in total. The van der Waals surface area contributed by atoms with Crippen LogP contribution in [0.2, 0.25) is 0 Å². The summed E-state index contributed by atoms with van der Waals surface area (Å²) in [7, 11) is 0. The fourth-order valence-corrected chi connectivity index (χ4v) is 8.61. The number of para-hydroxylation sites is 2. The molecule has 2 nitrogen and oxygen atoms in total. The van der Waals surface area contributed by atoms with E-state index < -0.39 is 0 Å². The van der Waals surface area contributed by atoms with E-state index in [2.05, 4.69) is 181 Å². The SMILES string of the molecule is c1ccc(N(c2ccc(-c3cccc4c3oc3ccc5ccccc5c34)cc2)c2ccc(-c3cccc4c3sc3ccccc34)cc2)cc1. The third kappa shape index (κ3) is 4.55. The lowest BCUT2D eigenvalue weighted by molar-refractivity contribution is 0.670. The Labute approximate surface area is 287 Å². The van der Waals surface area contributed by atoms with E-state index in [9.17, 15) is 0 Å². The van der Waals surface area contributed by atoms with Gasteiger partial charge in [-0.05, 0) is 76.0 Å². The van der Waals surface area contributed by atoms with Crippen molar-refractivity contribution in [1.82, 2.24) is 0 Å². The Balaban J connectivity index is 1.04. The van der Waals surface area contributed by atoms with Crippen LogP contribution in [-0.4, -0.2) is 0 Å². The van der Waals surface area contributed by atoms with Crippen molar-refractivity contribution in [3.05, 3.63) is 176 Å². The second kappa shape index (κ2) is 11.2. The molecule has 2 heterocycles. The topological polar surface area (TPSA) is 16.4 Å². The Morgan fingerprint density at radius 2 is 1.00 bits per heavy atom. The summed E-state index contributed by atoms with van der Waals surface area (Å²) in [5, 5.41) is 7.40. The molecule has 0 unspecified atom stereocenters. The molecule has 0 fully saturated rings. The summed E-state index contributed by atoms with van der Waals surface area (Å²) in [6, 6.07) is 63.0. The third-order valence-electron chi connectivity index (χ3n) is 9.68.